The molecule has 4 heteroatoms. The van der Waals surface area contributed by atoms with Gasteiger partial charge in [0.15, 0.2) is 0 Å². The molecule has 1 heterocycles. The molecule has 2 atom stereocenters. The van der Waals surface area contributed by atoms with Crippen molar-refractivity contribution in [2.45, 2.75) is 89.8 Å². The highest BCUT2D eigenvalue weighted by atomic mass is 16.6. The van der Waals surface area contributed by atoms with E-state index in [9.17, 15) is 9.59 Å². The lowest BCUT2D eigenvalue weighted by Gasteiger charge is -1.98. The number of carbonyl (C=O) groups excluding carboxylic acids is 1. The summed E-state index contributed by atoms with van der Waals surface area (Å²) in [6, 6.07) is 0. The first kappa shape index (κ1) is 18.9. The Labute approximate surface area is 133 Å². The molecule has 2 unspecified atom stereocenters. The fraction of sp³-hybridized carbons (Fsp3) is 0.778. The highest BCUT2D eigenvalue weighted by Crippen LogP contribution is 2.30. The Morgan fingerprint density at radius 3 is 2.50 bits per heavy atom. The van der Waals surface area contributed by atoms with Crippen molar-refractivity contribution in [2.24, 2.45) is 0 Å². The summed E-state index contributed by atoms with van der Waals surface area (Å²) in [7, 11) is 0. The number of ether oxygens (including phenoxy) is 1. The summed E-state index contributed by atoms with van der Waals surface area (Å²) < 4.78 is 5.64. The molecule has 0 aromatic heterocycles. The quantitative estimate of drug-likeness (QED) is 0.225. The second-order valence-electron chi connectivity index (χ2n) is 6.10. The van der Waals surface area contributed by atoms with Crippen molar-refractivity contribution in [1.29, 1.82) is 0 Å². The highest BCUT2D eigenvalue weighted by Gasteiger charge is 2.36. The minimum Gasteiger partial charge on any atom is -0.476 e. The van der Waals surface area contributed by atoms with Gasteiger partial charge in [0.1, 0.15) is 0 Å². The van der Waals surface area contributed by atoms with Gasteiger partial charge in [0.2, 0.25) is 5.78 Å². The molecule has 1 aliphatic rings. The average molecular weight is 310 g/mol. The van der Waals surface area contributed by atoms with Gasteiger partial charge in [0.25, 0.3) is 0 Å². The van der Waals surface area contributed by atoms with Gasteiger partial charge in [-0.05, 0) is 32.1 Å². The number of carboxylic acid groups (broad SMARTS) is 1. The summed E-state index contributed by atoms with van der Waals surface area (Å²) >= 11 is 0. The number of Topliss-reactive ketones (excluding diaryl/α,β-unsaturated/α-hetero) is 1. The molecule has 0 aliphatic carbocycles. The predicted molar refractivity (Wildman–Crippen MR) is 86.9 cm³/mol. The molecule has 126 valence electrons. The molecule has 0 spiro atoms. The van der Waals surface area contributed by atoms with E-state index < -0.39 is 11.8 Å². The number of epoxide rings is 1. The number of rotatable bonds is 14. The summed E-state index contributed by atoms with van der Waals surface area (Å²) in [6.07, 6.45) is 16.4. The third kappa shape index (κ3) is 8.98. The van der Waals surface area contributed by atoms with Crippen LogP contribution in [0.2, 0.25) is 0 Å². The van der Waals surface area contributed by atoms with Gasteiger partial charge in [0, 0.05) is 6.42 Å². The van der Waals surface area contributed by atoms with Crippen LogP contribution in [0, 0.1) is 0 Å². The fourth-order valence-electron chi connectivity index (χ4n) is 2.59. The van der Waals surface area contributed by atoms with Crippen LogP contribution in [0.4, 0.5) is 0 Å². The van der Waals surface area contributed by atoms with Crippen LogP contribution in [0.5, 0.6) is 0 Å². The van der Waals surface area contributed by atoms with Crippen LogP contribution in [0.25, 0.3) is 0 Å². The molecule has 22 heavy (non-hydrogen) atoms. The van der Waals surface area contributed by atoms with Crippen LogP contribution >= 0.6 is 0 Å². The Kier molecular flexibility index (Phi) is 9.80. The van der Waals surface area contributed by atoms with Gasteiger partial charge in [-0.15, -0.1) is 0 Å². The summed E-state index contributed by atoms with van der Waals surface area (Å²) in [6.45, 7) is 2.22. The van der Waals surface area contributed by atoms with Crippen LogP contribution < -0.4 is 0 Å². The first-order chi connectivity index (χ1) is 10.6. The molecule has 0 bridgehead atoms. The van der Waals surface area contributed by atoms with Crippen LogP contribution in [0.3, 0.4) is 0 Å². The van der Waals surface area contributed by atoms with Crippen molar-refractivity contribution < 1.29 is 19.4 Å². The van der Waals surface area contributed by atoms with Gasteiger partial charge in [-0.1, -0.05) is 51.2 Å². The smallest absolute Gasteiger partial charge is 0.372 e. The number of hydrogen-bond acceptors (Lipinski definition) is 3. The summed E-state index contributed by atoms with van der Waals surface area (Å²) in [4.78, 5) is 21.2. The molecule has 0 aromatic rings. The van der Waals surface area contributed by atoms with E-state index in [1.54, 1.807) is 0 Å². The standard InChI is InChI=1S/C18H30O4/c1-2-3-4-5-6-10-13-16-17(22-16)14-11-8-7-9-12-15(19)18(20)21/h6,10,16-17H,2-5,7-9,11-14H2,1H3,(H,20,21). The van der Waals surface area contributed by atoms with E-state index in [-0.39, 0.29) is 6.42 Å². The van der Waals surface area contributed by atoms with E-state index >= 15 is 0 Å². The Morgan fingerprint density at radius 2 is 1.77 bits per heavy atom. The maximum atomic E-state index is 10.9. The van der Waals surface area contributed by atoms with Crippen molar-refractivity contribution in [3.8, 4) is 0 Å². The number of aliphatic carboxylic acids is 1. The molecule has 0 aromatic carbocycles. The number of hydrogen-bond donors (Lipinski definition) is 1. The molecule has 0 amide bonds. The molecular weight excluding hydrogens is 280 g/mol. The fourth-order valence-corrected chi connectivity index (χ4v) is 2.59. The predicted octanol–water partition coefficient (Wildman–Crippen LogP) is 4.27. The third-order valence-electron chi connectivity index (χ3n) is 4.08. The number of carboxylic acids is 1. The van der Waals surface area contributed by atoms with Crippen molar-refractivity contribution in [2.75, 3.05) is 0 Å². The van der Waals surface area contributed by atoms with Crippen LogP contribution in [-0.2, 0) is 14.3 Å². The van der Waals surface area contributed by atoms with Crippen molar-refractivity contribution in [1.82, 2.24) is 0 Å². The van der Waals surface area contributed by atoms with Gasteiger partial charge >= 0.3 is 5.97 Å². The van der Waals surface area contributed by atoms with Crippen LogP contribution in [0.1, 0.15) is 77.6 Å². The normalized spacial score (nSPS) is 20.4. The van der Waals surface area contributed by atoms with Gasteiger partial charge in [-0.3, -0.25) is 4.79 Å². The van der Waals surface area contributed by atoms with E-state index in [1.807, 2.05) is 0 Å². The Hall–Kier alpha value is -1.16. The molecule has 1 rings (SSSR count). The summed E-state index contributed by atoms with van der Waals surface area (Å²) in [5, 5.41) is 8.45. The average Bonchev–Trinajstić information content (AvgIpc) is 3.24. The zero-order valence-electron chi connectivity index (χ0n) is 13.8. The molecule has 0 saturated carbocycles. The lowest BCUT2D eigenvalue weighted by molar-refractivity contribution is -0.149. The van der Waals surface area contributed by atoms with Crippen molar-refractivity contribution in [3.63, 3.8) is 0 Å². The molecule has 1 aliphatic heterocycles. The number of allylic oxidation sites excluding steroid dienone is 1. The zero-order chi connectivity index (χ0) is 16.2. The second-order valence-corrected chi connectivity index (χ2v) is 6.10. The van der Waals surface area contributed by atoms with Gasteiger partial charge < -0.3 is 9.84 Å². The lowest BCUT2D eigenvalue weighted by atomic mass is 10.1. The van der Waals surface area contributed by atoms with E-state index in [0.717, 1.165) is 32.1 Å². The number of ketones is 1. The van der Waals surface area contributed by atoms with E-state index in [1.165, 1.54) is 25.7 Å². The number of carbonyl (C=O) groups is 2. The Balaban J connectivity index is 1.87. The SMILES string of the molecule is CCCCCC=CCC1OC1CCCCCCC(=O)C(=O)O. The van der Waals surface area contributed by atoms with Crippen molar-refractivity contribution in [3.05, 3.63) is 12.2 Å². The second kappa shape index (κ2) is 11.4. The van der Waals surface area contributed by atoms with Gasteiger partial charge in [-0.2, -0.15) is 0 Å². The monoisotopic (exact) mass is 310 g/mol. The molecule has 0 radical (unpaired) electrons. The molecule has 4 nitrogen and oxygen atoms in total. The minimum atomic E-state index is -1.31. The zero-order valence-corrected chi connectivity index (χ0v) is 13.8. The Bertz CT molecular complexity index is 362. The van der Waals surface area contributed by atoms with E-state index in [2.05, 4.69) is 19.1 Å². The molecule has 1 saturated heterocycles. The van der Waals surface area contributed by atoms with E-state index in [0.29, 0.717) is 18.6 Å². The van der Waals surface area contributed by atoms with Gasteiger partial charge in [0.05, 0.1) is 12.2 Å². The summed E-state index contributed by atoms with van der Waals surface area (Å²) in [5.41, 5.74) is 0. The Morgan fingerprint density at radius 1 is 1.00 bits per heavy atom. The van der Waals surface area contributed by atoms with Crippen LogP contribution in [-0.4, -0.2) is 29.1 Å². The largest absolute Gasteiger partial charge is 0.476 e. The number of unbranched alkanes of at least 4 members (excludes halogenated alkanes) is 6. The maximum absolute atomic E-state index is 10.9. The van der Waals surface area contributed by atoms with Crippen LogP contribution in [0.15, 0.2) is 12.2 Å². The van der Waals surface area contributed by atoms with Crippen molar-refractivity contribution >= 4 is 11.8 Å². The lowest BCUT2D eigenvalue weighted by Crippen LogP contribution is -2.11. The summed E-state index contributed by atoms with van der Waals surface area (Å²) in [5.74, 6) is -1.98. The highest BCUT2D eigenvalue weighted by molar-refractivity contribution is 6.32. The van der Waals surface area contributed by atoms with E-state index in [4.69, 9.17) is 9.84 Å². The molecule has 1 N–H and O–H groups in total. The topological polar surface area (TPSA) is 66.9 Å². The first-order valence-corrected chi connectivity index (χ1v) is 8.71. The first-order valence-electron chi connectivity index (χ1n) is 8.71. The van der Waals surface area contributed by atoms with Gasteiger partial charge in [-0.25, -0.2) is 4.79 Å². The maximum Gasteiger partial charge on any atom is 0.372 e. The molecular formula is C18H30O4. The third-order valence-corrected chi connectivity index (χ3v) is 4.08. The minimum absolute atomic E-state index is 0.167. The molecule has 1 fully saturated rings.